The third-order valence-electron chi connectivity index (χ3n) is 8.19. The van der Waals surface area contributed by atoms with Gasteiger partial charge in [-0.3, -0.25) is 0 Å². The van der Waals surface area contributed by atoms with Gasteiger partial charge in [0.1, 0.15) is 12.1 Å². The van der Waals surface area contributed by atoms with Crippen molar-refractivity contribution in [1.29, 1.82) is 10.5 Å². The molecular weight excluding hydrogens is 534 g/mol. The van der Waals surface area contributed by atoms with Crippen LogP contribution in [0.3, 0.4) is 0 Å². The van der Waals surface area contributed by atoms with Crippen molar-refractivity contribution in [2.45, 2.75) is 6.92 Å². The van der Waals surface area contributed by atoms with Crippen molar-refractivity contribution >= 4 is 61.5 Å². The largest absolute Gasteiger partial charge is 0.310 e. The van der Waals surface area contributed by atoms with Crippen LogP contribution < -0.4 is 4.90 Å². The molecule has 7 rings (SSSR count). The molecule has 0 bridgehead atoms. The number of nitrogens with zero attached hydrogens (tertiary/aromatic N) is 3. The molecule has 7 aromatic carbocycles. The van der Waals surface area contributed by atoms with Crippen molar-refractivity contribution < 1.29 is 0 Å². The van der Waals surface area contributed by atoms with Gasteiger partial charge in [-0.25, -0.2) is 0 Å². The van der Waals surface area contributed by atoms with Gasteiger partial charge in [0.2, 0.25) is 0 Å². The summed E-state index contributed by atoms with van der Waals surface area (Å²) in [6, 6.07) is 50.4. The Morgan fingerprint density at radius 3 is 1.70 bits per heavy atom. The van der Waals surface area contributed by atoms with E-state index in [2.05, 4.69) is 127 Å². The highest BCUT2D eigenvalue weighted by atomic mass is 15.1. The molecule has 0 saturated carbocycles. The predicted octanol–water partition coefficient (Wildman–Crippen LogP) is 10.8. The zero-order valence-corrected chi connectivity index (χ0v) is 24.2. The zero-order chi connectivity index (χ0) is 30.0. The van der Waals surface area contributed by atoms with Gasteiger partial charge >= 0.3 is 0 Å². The second-order valence-electron chi connectivity index (χ2n) is 10.9. The molecule has 3 nitrogen and oxygen atoms in total. The van der Waals surface area contributed by atoms with Gasteiger partial charge in [0.15, 0.2) is 0 Å². The first-order chi connectivity index (χ1) is 21.6. The van der Waals surface area contributed by atoms with E-state index in [-0.39, 0.29) is 0 Å². The molecule has 0 amide bonds. The summed E-state index contributed by atoms with van der Waals surface area (Å²) in [6.07, 6.45) is 4.14. The minimum absolute atomic E-state index is 0.596. The highest BCUT2D eigenvalue weighted by molar-refractivity contribution is 6.10. The zero-order valence-electron chi connectivity index (χ0n) is 24.2. The maximum absolute atomic E-state index is 10.0. The number of anilines is 3. The van der Waals surface area contributed by atoms with Crippen LogP contribution in [0.15, 0.2) is 133 Å². The standard InChI is InChI=1S/C41H27N3/c1-28-13-20-32(21-14-28)44(41-12-6-8-31-7-2-3-9-34(31)41)33-22-17-29(18-23-33)15-16-30-19-24-37-38(25-30)40(27-43)36-11-5-4-10-35(36)39(37)26-42/h2-25H,1H3/b16-15-. The van der Waals surface area contributed by atoms with Crippen molar-refractivity contribution in [3.8, 4) is 12.1 Å². The molecule has 0 unspecified atom stereocenters. The molecule has 0 aliphatic heterocycles. The van der Waals surface area contributed by atoms with Gasteiger partial charge in [-0.05, 0) is 59.8 Å². The van der Waals surface area contributed by atoms with Crippen LogP contribution in [0.5, 0.6) is 0 Å². The summed E-state index contributed by atoms with van der Waals surface area (Å²) < 4.78 is 0. The van der Waals surface area contributed by atoms with Crippen LogP contribution >= 0.6 is 0 Å². The van der Waals surface area contributed by atoms with Crippen molar-refractivity contribution in [1.82, 2.24) is 0 Å². The minimum Gasteiger partial charge on any atom is -0.310 e. The highest BCUT2D eigenvalue weighted by Crippen LogP contribution is 2.39. The molecule has 0 spiro atoms. The maximum Gasteiger partial charge on any atom is 0.100 e. The second kappa shape index (κ2) is 11.3. The van der Waals surface area contributed by atoms with Gasteiger partial charge in [0.05, 0.1) is 16.8 Å². The molecule has 0 saturated heterocycles. The molecule has 3 heteroatoms. The fraction of sp³-hybridized carbons (Fsp3) is 0.0244. The Labute approximate surface area is 256 Å². The molecule has 0 heterocycles. The topological polar surface area (TPSA) is 50.8 Å². The van der Waals surface area contributed by atoms with Gasteiger partial charge in [0.25, 0.3) is 0 Å². The Hall–Kier alpha value is -6.16. The molecular formula is C41H27N3. The van der Waals surface area contributed by atoms with E-state index in [1.165, 1.54) is 16.3 Å². The van der Waals surface area contributed by atoms with E-state index in [9.17, 15) is 10.5 Å². The lowest BCUT2D eigenvalue weighted by Gasteiger charge is -2.27. The summed E-state index contributed by atoms with van der Waals surface area (Å²) in [5.41, 5.74) is 7.75. The molecule has 0 atom stereocenters. The number of fused-ring (bicyclic) bond motifs is 3. The van der Waals surface area contributed by atoms with E-state index in [1.807, 2.05) is 42.5 Å². The molecule has 0 radical (unpaired) electrons. The molecule has 7 aromatic rings. The monoisotopic (exact) mass is 561 g/mol. The van der Waals surface area contributed by atoms with Gasteiger partial charge in [0, 0.05) is 38.3 Å². The third kappa shape index (κ3) is 4.74. The molecule has 206 valence electrons. The lowest BCUT2D eigenvalue weighted by atomic mass is 9.91. The first kappa shape index (κ1) is 26.7. The molecule has 44 heavy (non-hydrogen) atoms. The van der Waals surface area contributed by atoms with E-state index in [0.29, 0.717) is 11.1 Å². The molecule has 0 aliphatic carbocycles. The molecule has 0 N–H and O–H groups in total. The normalized spacial score (nSPS) is 11.2. The second-order valence-corrected chi connectivity index (χ2v) is 10.9. The highest BCUT2D eigenvalue weighted by Gasteiger charge is 2.16. The fourth-order valence-electron chi connectivity index (χ4n) is 5.99. The number of hydrogen-bond donors (Lipinski definition) is 0. The molecule has 0 aromatic heterocycles. The number of hydrogen-bond acceptors (Lipinski definition) is 3. The van der Waals surface area contributed by atoms with E-state index in [0.717, 1.165) is 49.7 Å². The maximum atomic E-state index is 10.0. The van der Waals surface area contributed by atoms with Crippen molar-refractivity contribution in [3.63, 3.8) is 0 Å². The number of rotatable bonds is 5. The average Bonchev–Trinajstić information content (AvgIpc) is 3.07. The Kier molecular flexibility index (Phi) is 6.84. The Morgan fingerprint density at radius 1 is 0.500 bits per heavy atom. The van der Waals surface area contributed by atoms with E-state index in [4.69, 9.17) is 0 Å². The van der Waals surface area contributed by atoms with E-state index >= 15 is 0 Å². The number of nitriles is 2. The van der Waals surface area contributed by atoms with E-state index < -0.39 is 0 Å². The van der Waals surface area contributed by atoms with E-state index in [1.54, 1.807) is 0 Å². The number of benzene rings is 7. The van der Waals surface area contributed by atoms with Crippen LogP contribution in [0, 0.1) is 29.6 Å². The Morgan fingerprint density at radius 2 is 1.02 bits per heavy atom. The fourth-order valence-corrected chi connectivity index (χ4v) is 5.99. The Balaban J connectivity index is 1.26. The van der Waals surface area contributed by atoms with Crippen molar-refractivity contribution in [2.24, 2.45) is 0 Å². The molecule has 0 fully saturated rings. The third-order valence-corrected chi connectivity index (χ3v) is 8.19. The van der Waals surface area contributed by atoms with Crippen LogP contribution in [0.25, 0.3) is 44.5 Å². The average molecular weight is 562 g/mol. The summed E-state index contributed by atoms with van der Waals surface area (Å²) in [7, 11) is 0. The van der Waals surface area contributed by atoms with Crippen molar-refractivity contribution in [2.75, 3.05) is 4.90 Å². The SMILES string of the molecule is Cc1ccc(N(c2ccc(/C=C\c3ccc4c(C#N)c5ccccc5c(C#N)c4c3)cc2)c2cccc3ccccc23)cc1. The van der Waals surface area contributed by atoms with Crippen LogP contribution in [-0.2, 0) is 0 Å². The van der Waals surface area contributed by atoms with Crippen molar-refractivity contribution in [3.05, 3.63) is 161 Å². The summed E-state index contributed by atoms with van der Waals surface area (Å²) in [6.45, 7) is 2.11. The summed E-state index contributed by atoms with van der Waals surface area (Å²) >= 11 is 0. The first-order valence-electron chi connectivity index (χ1n) is 14.6. The van der Waals surface area contributed by atoms with Crippen LogP contribution in [0.4, 0.5) is 17.1 Å². The Bertz CT molecular complexity index is 2290. The number of aryl methyl sites for hydroxylation is 1. The lowest BCUT2D eigenvalue weighted by molar-refractivity contribution is 1.29. The van der Waals surface area contributed by atoms with Crippen LogP contribution in [0.1, 0.15) is 27.8 Å². The van der Waals surface area contributed by atoms with Crippen LogP contribution in [0.2, 0.25) is 0 Å². The lowest BCUT2D eigenvalue weighted by Crippen LogP contribution is -2.10. The quantitative estimate of drug-likeness (QED) is 0.155. The van der Waals surface area contributed by atoms with Gasteiger partial charge in [-0.2, -0.15) is 10.5 Å². The van der Waals surface area contributed by atoms with Gasteiger partial charge in [-0.15, -0.1) is 0 Å². The first-order valence-corrected chi connectivity index (χ1v) is 14.6. The predicted molar refractivity (Wildman–Crippen MR) is 183 cm³/mol. The summed E-state index contributed by atoms with van der Waals surface area (Å²) in [4.78, 5) is 2.30. The van der Waals surface area contributed by atoms with Gasteiger partial charge in [-0.1, -0.05) is 115 Å². The summed E-state index contributed by atoms with van der Waals surface area (Å²) in [5, 5.41) is 25.6. The summed E-state index contributed by atoms with van der Waals surface area (Å²) in [5.74, 6) is 0. The smallest absolute Gasteiger partial charge is 0.100 e. The van der Waals surface area contributed by atoms with Gasteiger partial charge < -0.3 is 4.90 Å². The van der Waals surface area contributed by atoms with Crippen LogP contribution in [-0.4, -0.2) is 0 Å². The minimum atomic E-state index is 0.596. The molecule has 0 aliphatic rings.